The molecule has 6 heteroatoms. The van der Waals surface area contributed by atoms with Crippen LogP contribution >= 0.6 is 0 Å². The van der Waals surface area contributed by atoms with Crippen molar-refractivity contribution >= 4 is 15.7 Å². The van der Waals surface area contributed by atoms with Crippen LogP contribution in [-0.4, -0.2) is 26.6 Å². The minimum atomic E-state index is -3.47. The molecule has 1 N–H and O–H groups in total. The molecular weight excluding hydrogens is 269 g/mol. The van der Waals surface area contributed by atoms with Crippen molar-refractivity contribution in [2.75, 3.05) is 12.3 Å². The van der Waals surface area contributed by atoms with Crippen LogP contribution in [0.25, 0.3) is 0 Å². The van der Waals surface area contributed by atoms with Crippen LogP contribution in [0.2, 0.25) is 0 Å². The van der Waals surface area contributed by atoms with Crippen molar-refractivity contribution < 1.29 is 17.6 Å². The number of unbranched alkanes of at least 4 members (excludes halogenated alkanes) is 1. The number of halogens is 1. The van der Waals surface area contributed by atoms with E-state index in [1.54, 1.807) is 0 Å². The molecular formula is C13H18FNO3S. The Morgan fingerprint density at radius 2 is 1.89 bits per heavy atom. The van der Waals surface area contributed by atoms with Crippen LogP contribution in [0, 0.1) is 5.82 Å². The Morgan fingerprint density at radius 3 is 2.47 bits per heavy atom. The Hall–Kier alpha value is -1.43. The first kappa shape index (κ1) is 15.6. The fourth-order valence-corrected chi connectivity index (χ4v) is 2.67. The van der Waals surface area contributed by atoms with E-state index in [0.29, 0.717) is 6.42 Å². The van der Waals surface area contributed by atoms with Gasteiger partial charge in [-0.3, -0.25) is 4.79 Å². The van der Waals surface area contributed by atoms with Gasteiger partial charge in [-0.1, -0.05) is 13.3 Å². The average Bonchev–Trinajstić information content (AvgIpc) is 2.36. The van der Waals surface area contributed by atoms with Crippen LogP contribution in [0.5, 0.6) is 0 Å². The second-order valence-corrected chi connectivity index (χ2v) is 6.34. The third kappa shape index (κ3) is 5.38. The number of nitrogens with one attached hydrogen (secondary N) is 1. The van der Waals surface area contributed by atoms with Crippen molar-refractivity contribution in [2.45, 2.75) is 31.1 Å². The monoisotopic (exact) mass is 287 g/mol. The lowest BCUT2D eigenvalue weighted by molar-refractivity contribution is -0.121. The van der Waals surface area contributed by atoms with E-state index in [4.69, 9.17) is 0 Å². The van der Waals surface area contributed by atoms with Gasteiger partial charge < -0.3 is 5.32 Å². The van der Waals surface area contributed by atoms with E-state index in [2.05, 4.69) is 5.32 Å². The summed E-state index contributed by atoms with van der Waals surface area (Å²) < 4.78 is 36.4. The van der Waals surface area contributed by atoms with Gasteiger partial charge in [0.1, 0.15) is 5.82 Å². The minimum Gasteiger partial charge on any atom is -0.355 e. The van der Waals surface area contributed by atoms with E-state index in [0.717, 1.165) is 25.0 Å². The lowest BCUT2D eigenvalue weighted by Gasteiger charge is -2.06. The van der Waals surface area contributed by atoms with Gasteiger partial charge in [0.25, 0.3) is 0 Å². The number of rotatable bonds is 7. The van der Waals surface area contributed by atoms with Gasteiger partial charge in [0, 0.05) is 13.0 Å². The first-order chi connectivity index (χ1) is 8.95. The summed E-state index contributed by atoms with van der Waals surface area (Å²) in [7, 11) is -3.47. The first-order valence-electron chi connectivity index (χ1n) is 6.20. The summed E-state index contributed by atoms with van der Waals surface area (Å²) in [5.74, 6) is -0.806. The smallest absolute Gasteiger partial charge is 0.220 e. The standard InChI is InChI=1S/C13H18FNO3S/c1-2-3-4-13(16)15-9-10-19(17,18)12-7-5-11(14)6-8-12/h5-8H,2-4,9-10H2,1H3,(H,15,16). The van der Waals surface area contributed by atoms with Crippen LogP contribution in [0.4, 0.5) is 4.39 Å². The summed E-state index contributed by atoms with van der Waals surface area (Å²) in [5.41, 5.74) is 0. The number of amides is 1. The quantitative estimate of drug-likeness (QED) is 0.779. The summed E-state index contributed by atoms with van der Waals surface area (Å²) in [6, 6.07) is 4.66. The minimum absolute atomic E-state index is 0.0664. The number of hydrogen-bond donors (Lipinski definition) is 1. The topological polar surface area (TPSA) is 63.2 Å². The van der Waals surface area contributed by atoms with Gasteiger partial charge in [-0.05, 0) is 30.7 Å². The fourth-order valence-electron chi connectivity index (χ4n) is 1.51. The van der Waals surface area contributed by atoms with E-state index < -0.39 is 15.7 Å². The van der Waals surface area contributed by atoms with Gasteiger partial charge in [-0.25, -0.2) is 12.8 Å². The molecule has 0 saturated carbocycles. The maximum absolute atomic E-state index is 12.7. The van der Waals surface area contributed by atoms with Crippen molar-refractivity contribution in [1.82, 2.24) is 5.32 Å². The van der Waals surface area contributed by atoms with E-state index in [1.807, 2.05) is 6.92 Å². The molecule has 4 nitrogen and oxygen atoms in total. The van der Waals surface area contributed by atoms with E-state index >= 15 is 0 Å². The molecule has 1 aromatic rings. The molecule has 0 fully saturated rings. The number of benzene rings is 1. The summed E-state index contributed by atoms with van der Waals surface area (Å²) in [5, 5.41) is 2.56. The summed E-state index contributed by atoms with van der Waals surface area (Å²) in [4.78, 5) is 11.4. The van der Waals surface area contributed by atoms with Gasteiger partial charge in [-0.2, -0.15) is 0 Å². The van der Waals surface area contributed by atoms with E-state index in [1.165, 1.54) is 12.1 Å². The second kappa shape index (κ2) is 7.23. The molecule has 1 amide bonds. The highest BCUT2D eigenvalue weighted by molar-refractivity contribution is 7.91. The van der Waals surface area contributed by atoms with Gasteiger partial charge in [-0.15, -0.1) is 0 Å². The Labute approximate surface area is 112 Å². The summed E-state index contributed by atoms with van der Waals surface area (Å²) in [6.45, 7) is 2.05. The van der Waals surface area contributed by atoms with Crippen molar-refractivity contribution in [3.63, 3.8) is 0 Å². The van der Waals surface area contributed by atoms with Crippen LogP contribution < -0.4 is 5.32 Å². The SMILES string of the molecule is CCCCC(=O)NCCS(=O)(=O)c1ccc(F)cc1. The fraction of sp³-hybridized carbons (Fsp3) is 0.462. The zero-order valence-corrected chi connectivity index (χ0v) is 11.7. The molecule has 0 unspecified atom stereocenters. The van der Waals surface area contributed by atoms with Gasteiger partial charge in [0.15, 0.2) is 9.84 Å². The summed E-state index contributed by atoms with van der Waals surface area (Å²) >= 11 is 0. The highest BCUT2D eigenvalue weighted by Gasteiger charge is 2.14. The highest BCUT2D eigenvalue weighted by atomic mass is 32.2. The third-order valence-corrected chi connectivity index (χ3v) is 4.36. The summed E-state index contributed by atoms with van der Waals surface area (Å²) in [6.07, 6.45) is 2.12. The molecule has 0 aliphatic carbocycles. The van der Waals surface area contributed by atoms with Crippen LogP contribution in [-0.2, 0) is 14.6 Å². The van der Waals surface area contributed by atoms with E-state index in [9.17, 15) is 17.6 Å². The van der Waals surface area contributed by atoms with Crippen molar-refractivity contribution in [3.05, 3.63) is 30.1 Å². The third-order valence-electron chi connectivity index (χ3n) is 2.62. The molecule has 0 atom stereocenters. The Kier molecular flexibility index (Phi) is 5.95. The molecule has 19 heavy (non-hydrogen) atoms. The predicted molar refractivity (Wildman–Crippen MR) is 71.0 cm³/mol. The van der Waals surface area contributed by atoms with Crippen molar-refractivity contribution in [3.8, 4) is 0 Å². The molecule has 0 spiro atoms. The van der Waals surface area contributed by atoms with Gasteiger partial charge >= 0.3 is 0 Å². The Balaban J connectivity index is 2.47. The lowest BCUT2D eigenvalue weighted by Crippen LogP contribution is -2.28. The van der Waals surface area contributed by atoms with E-state index in [-0.39, 0.29) is 23.1 Å². The molecule has 106 valence electrons. The predicted octanol–water partition coefficient (Wildman–Crippen LogP) is 1.91. The second-order valence-electron chi connectivity index (χ2n) is 4.23. The molecule has 0 saturated heterocycles. The molecule has 1 rings (SSSR count). The highest BCUT2D eigenvalue weighted by Crippen LogP contribution is 2.11. The molecule has 0 aromatic heterocycles. The van der Waals surface area contributed by atoms with Crippen LogP contribution in [0.1, 0.15) is 26.2 Å². The largest absolute Gasteiger partial charge is 0.355 e. The molecule has 1 aromatic carbocycles. The van der Waals surface area contributed by atoms with Gasteiger partial charge in [0.2, 0.25) is 5.91 Å². The number of carbonyl (C=O) groups is 1. The lowest BCUT2D eigenvalue weighted by atomic mass is 10.2. The molecule has 0 aliphatic rings. The first-order valence-corrected chi connectivity index (χ1v) is 7.86. The number of carbonyl (C=O) groups excluding carboxylic acids is 1. The average molecular weight is 287 g/mol. The normalized spacial score (nSPS) is 11.3. The zero-order chi connectivity index (χ0) is 14.3. The van der Waals surface area contributed by atoms with Crippen molar-refractivity contribution in [2.24, 2.45) is 0 Å². The molecule has 0 aliphatic heterocycles. The van der Waals surface area contributed by atoms with Crippen LogP contribution in [0.15, 0.2) is 29.2 Å². The molecule has 0 heterocycles. The molecule has 0 radical (unpaired) electrons. The number of sulfone groups is 1. The maximum atomic E-state index is 12.7. The molecule has 0 bridgehead atoms. The number of hydrogen-bond acceptors (Lipinski definition) is 3. The van der Waals surface area contributed by atoms with Gasteiger partial charge in [0.05, 0.1) is 10.6 Å². The Bertz CT molecular complexity index is 511. The van der Waals surface area contributed by atoms with Crippen LogP contribution in [0.3, 0.4) is 0 Å². The maximum Gasteiger partial charge on any atom is 0.220 e. The zero-order valence-electron chi connectivity index (χ0n) is 10.9. The Morgan fingerprint density at radius 1 is 1.26 bits per heavy atom. The van der Waals surface area contributed by atoms with Crippen molar-refractivity contribution in [1.29, 1.82) is 0 Å².